The molecule has 0 radical (unpaired) electrons. The van der Waals surface area contributed by atoms with Gasteiger partial charge in [0, 0.05) is 22.7 Å². The first-order valence-corrected chi connectivity index (χ1v) is 7.88. The van der Waals surface area contributed by atoms with Crippen molar-refractivity contribution in [3.8, 4) is 0 Å². The Morgan fingerprint density at radius 2 is 2.20 bits per heavy atom. The molecule has 20 heavy (non-hydrogen) atoms. The first-order valence-electron chi connectivity index (χ1n) is 6.80. The van der Waals surface area contributed by atoms with Crippen molar-refractivity contribution in [1.29, 1.82) is 0 Å². The maximum Gasteiger partial charge on any atom is 0.254 e. The molecule has 0 spiro atoms. The van der Waals surface area contributed by atoms with Gasteiger partial charge in [0.1, 0.15) is 0 Å². The van der Waals surface area contributed by atoms with Crippen LogP contribution in [0.3, 0.4) is 0 Å². The minimum atomic E-state index is 0. The molecule has 1 fully saturated rings. The zero-order valence-electron chi connectivity index (χ0n) is 11.9. The lowest BCUT2D eigenvalue weighted by Gasteiger charge is -2.35. The van der Waals surface area contributed by atoms with Gasteiger partial charge in [0.25, 0.3) is 5.91 Å². The smallest absolute Gasteiger partial charge is 0.254 e. The summed E-state index contributed by atoms with van der Waals surface area (Å²) in [4.78, 5) is 14.6. The van der Waals surface area contributed by atoms with Crippen LogP contribution < -0.4 is 5.73 Å². The van der Waals surface area contributed by atoms with E-state index in [4.69, 9.17) is 5.73 Å². The molecule has 1 heterocycles. The molecule has 2 unspecified atom stereocenters. The minimum Gasteiger partial charge on any atom is -0.338 e. The first kappa shape index (κ1) is 17.7. The van der Waals surface area contributed by atoms with E-state index in [0.717, 1.165) is 40.6 Å². The van der Waals surface area contributed by atoms with Gasteiger partial charge in [-0.15, -0.1) is 12.4 Å². The summed E-state index contributed by atoms with van der Waals surface area (Å²) in [5.41, 5.74) is 7.97. The Balaban J connectivity index is 0.00000200. The van der Waals surface area contributed by atoms with Crippen LogP contribution in [0.15, 0.2) is 18.2 Å². The predicted octanol–water partition coefficient (Wildman–Crippen LogP) is 3.22. The van der Waals surface area contributed by atoms with E-state index in [-0.39, 0.29) is 24.4 Å². The lowest BCUT2D eigenvalue weighted by atomic mass is 9.92. The largest absolute Gasteiger partial charge is 0.338 e. The number of piperidine rings is 1. The van der Waals surface area contributed by atoms with Crippen LogP contribution in [0.25, 0.3) is 0 Å². The Kier molecular flexibility index (Phi) is 6.75. The summed E-state index contributed by atoms with van der Waals surface area (Å²) in [5, 5.41) is 0. The number of benzene rings is 1. The lowest BCUT2D eigenvalue weighted by molar-refractivity contribution is 0.0660. The molecule has 2 rings (SSSR count). The quantitative estimate of drug-likeness (QED) is 0.764. The van der Waals surface area contributed by atoms with Crippen LogP contribution in [0.4, 0.5) is 0 Å². The molecule has 112 valence electrons. The molecule has 1 aromatic rings. The number of nitrogens with zero attached hydrogens (tertiary/aromatic N) is 1. The van der Waals surface area contributed by atoms with E-state index < -0.39 is 0 Å². The van der Waals surface area contributed by atoms with Gasteiger partial charge in [-0.05, 0) is 66.8 Å². The Morgan fingerprint density at radius 1 is 1.50 bits per heavy atom. The standard InChI is InChI=1S/C15H21IN2O.ClH/c1-10-5-3-7-13(14(10)16)15(19)18-8-4-6-12(9-18)11(2)17;/h3,5,7,11-12H,4,6,8-9,17H2,1-2H3;1H. The normalized spacial score (nSPS) is 20.2. The first-order chi connectivity index (χ1) is 9.00. The van der Waals surface area contributed by atoms with Gasteiger partial charge in [-0.25, -0.2) is 0 Å². The zero-order chi connectivity index (χ0) is 14.0. The molecule has 3 nitrogen and oxygen atoms in total. The third kappa shape index (κ3) is 3.86. The monoisotopic (exact) mass is 408 g/mol. The van der Waals surface area contributed by atoms with Crippen molar-refractivity contribution in [2.45, 2.75) is 32.7 Å². The second kappa shape index (κ2) is 7.61. The molecule has 2 N–H and O–H groups in total. The van der Waals surface area contributed by atoms with Crippen molar-refractivity contribution in [2.75, 3.05) is 13.1 Å². The maximum absolute atomic E-state index is 12.6. The number of halogens is 2. The number of carbonyl (C=O) groups excluding carboxylic acids is 1. The summed E-state index contributed by atoms with van der Waals surface area (Å²) in [5.74, 6) is 0.582. The minimum absolute atomic E-state index is 0. The summed E-state index contributed by atoms with van der Waals surface area (Å²) in [6.45, 7) is 5.72. The highest BCUT2D eigenvalue weighted by Gasteiger charge is 2.27. The van der Waals surface area contributed by atoms with E-state index in [1.54, 1.807) is 0 Å². The van der Waals surface area contributed by atoms with Gasteiger partial charge in [0.05, 0.1) is 5.56 Å². The third-order valence-corrected chi connectivity index (χ3v) is 5.34. The Labute approximate surface area is 140 Å². The zero-order valence-corrected chi connectivity index (χ0v) is 14.9. The van der Waals surface area contributed by atoms with E-state index in [1.807, 2.05) is 36.9 Å². The number of likely N-dealkylation sites (tertiary alicyclic amines) is 1. The van der Waals surface area contributed by atoms with Gasteiger partial charge in [0.15, 0.2) is 0 Å². The fraction of sp³-hybridized carbons (Fsp3) is 0.533. The van der Waals surface area contributed by atoms with E-state index in [1.165, 1.54) is 0 Å². The molecule has 5 heteroatoms. The Hall–Kier alpha value is -0.330. The number of nitrogens with two attached hydrogens (primary N) is 1. The fourth-order valence-electron chi connectivity index (χ4n) is 2.61. The summed E-state index contributed by atoms with van der Waals surface area (Å²) < 4.78 is 1.06. The second-order valence-electron chi connectivity index (χ2n) is 5.45. The van der Waals surface area contributed by atoms with Gasteiger partial charge in [-0.3, -0.25) is 4.79 Å². The van der Waals surface area contributed by atoms with Crippen LogP contribution in [0.5, 0.6) is 0 Å². The number of hydrogen-bond donors (Lipinski definition) is 1. The Bertz CT molecular complexity index is 479. The molecule has 1 saturated heterocycles. The topological polar surface area (TPSA) is 46.3 Å². The third-order valence-electron chi connectivity index (χ3n) is 3.91. The van der Waals surface area contributed by atoms with Crippen LogP contribution in [-0.2, 0) is 0 Å². The van der Waals surface area contributed by atoms with Crippen LogP contribution in [0.1, 0.15) is 35.7 Å². The van der Waals surface area contributed by atoms with Gasteiger partial charge in [0.2, 0.25) is 0 Å². The molecular weight excluding hydrogens is 387 g/mol. The van der Waals surface area contributed by atoms with Crippen molar-refractivity contribution >= 4 is 40.9 Å². The highest BCUT2D eigenvalue weighted by atomic mass is 127. The summed E-state index contributed by atoms with van der Waals surface area (Å²) in [7, 11) is 0. The molecule has 0 saturated carbocycles. The SMILES string of the molecule is Cc1cccc(C(=O)N2CCCC(C(C)N)C2)c1I.Cl. The van der Waals surface area contributed by atoms with Gasteiger partial charge in [-0.2, -0.15) is 0 Å². The molecule has 0 aliphatic carbocycles. The molecule has 1 aliphatic heterocycles. The molecular formula is C15H22ClIN2O. The molecule has 2 atom stereocenters. The molecule has 1 aliphatic rings. The van der Waals surface area contributed by atoms with Crippen molar-refractivity contribution in [1.82, 2.24) is 4.90 Å². The number of amides is 1. The fourth-order valence-corrected chi connectivity index (χ4v) is 3.20. The number of carbonyl (C=O) groups is 1. The highest BCUT2D eigenvalue weighted by molar-refractivity contribution is 14.1. The van der Waals surface area contributed by atoms with Gasteiger partial charge in [-0.1, -0.05) is 12.1 Å². The van der Waals surface area contributed by atoms with Gasteiger partial charge >= 0.3 is 0 Å². The van der Waals surface area contributed by atoms with Crippen molar-refractivity contribution in [3.05, 3.63) is 32.9 Å². The van der Waals surface area contributed by atoms with Crippen LogP contribution in [0, 0.1) is 16.4 Å². The average molecular weight is 409 g/mol. The summed E-state index contributed by atoms with van der Waals surface area (Å²) in [6.07, 6.45) is 2.19. The van der Waals surface area contributed by atoms with E-state index >= 15 is 0 Å². The van der Waals surface area contributed by atoms with E-state index in [2.05, 4.69) is 22.6 Å². The molecule has 1 aromatic carbocycles. The predicted molar refractivity (Wildman–Crippen MR) is 93.4 cm³/mol. The maximum atomic E-state index is 12.6. The second-order valence-corrected chi connectivity index (χ2v) is 6.53. The summed E-state index contributed by atoms with van der Waals surface area (Å²) in [6, 6.07) is 6.08. The number of aryl methyl sites for hydroxylation is 1. The lowest BCUT2D eigenvalue weighted by Crippen LogP contribution is -2.45. The summed E-state index contributed by atoms with van der Waals surface area (Å²) >= 11 is 2.26. The van der Waals surface area contributed by atoms with Crippen molar-refractivity contribution in [3.63, 3.8) is 0 Å². The number of hydrogen-bond acceptors (Lipinski definition) is 2. The number of rotatable bonds is 2. The van der Waals surface area contributed by atoms with E-state index in [0.29, 0.717) is 5.92 Å². The van der Waals surface area contributed by atoms with Crippen LogP contribution >= 0.6 is 35.0 Å². The van der Waals surface area contributed by atoms with Crippen molar-refractivity contribution < 1.29 is 4.79 Å². The molecule has 0 bridgehead atoms. The van der Waals surface area contributed by atoms with Crippen LogP contribution in [0.2, 0.25) is 0 Å². The van der Waals surface area contributed by atoms with Crippen molar-refractivity contribution in [2.24, 2.45) is 11.7 Å². The van der Waals surface area contributed by atoms with Gasteiger partial charge < -0.3 is 10.6 Å². The average Bonchev–Trinajstić information content (AvgIpc) is 2.41. The van der Waals surface area contributed by atoms with E-state index in [9.17, 15) is 4.79 Å². The molecule has 0 aromatic heterocycles. The molecule has 1 amide bonds. The Morgan fingerprint density at radius 3 is 2.85 bits per heavy atom. The van der Waals surface area contributed by atoms with Crippen LogP contribution in [-0.4, -0.2) is 29.9 Å². The highest BCUT2D eigenvalue weighted by Crippen LogP contribution is 2.23.